The maximum Gasteiger partial charge on any atom is 0.242 e. The summed E-state index contributed by atoms with van der Waals surface area (Å²) in [4.78, 5) is 14.9. The minimum atomic E-state index is -0.328. The van der Waals surface area contributed by atoms with Crippen LogP contribution in [-0.2, 0) is 11.3 Å². The van der Waals surface area contributed by atoms with Gasteiger partial charge in [0, 0.05) is 22.6 Å². The van der Waals surface area contributed by atoms with Gasteiger partial charge >= 0.3 is 0 Å². The fraction of sp³-hybridized carbons (Fsp3) is 0.350. The molecule has 1 atom stereocenters. The van der Waals surface area contributed by atoms with Crippen molar-refractivity contribution in [3.63, 3.8) is 0 Å². The maximum absolute atomic E-state index is 12.9. The second kappa shape index (κ2) is 8.02. The molecule has 5 heteroatoms. The third kappa shape index (κ3) is 4.61. The van der Waals surface area contributed by atoms with E-state index in [1.165, 1.54) is 0 Å². The molecule has 1 aliphatic carbocycles. The van der Waals surface area contributed by atoms with E-state index >= 15 is 0 Å². The fourth-order valence-electron chi connectivity index (χ4n) is 2.98. The van der Waals surface area contributed by atoms with Crippen molar-refractivity contribution in [1.82, 2.24) is 10.2 Å². The van der Waals surface area contributed by atoms with Crippen LogP contribution in [-0.4, -0.2) is 31.0 Å². The van der Waals surface area contributed by atoms with Gasteiger partial charge in [0.05, 0.1) is 7.11 Å². The number of hydrogen-bond acceptors (Lipinski definition) is 3. The number of likely N-dealkylation sites (N-methyl/N-ethyl adjacent to an activating group) is 1. The lowest BCUT2D eigenvalue weighted by Gasteiger charge is -2.28. The topological polar surface area (TPSA) is 41.6 Å². The van der Waals surface area contributed by atoms with Crippen LogP contribution in [0.25, 0.3) is 0 Å². The smallest absolute Gasteiger partial charge is 0.242 e. The summed E-state index contributed by atoms with van der Waals surface area (Å²) in [7, 11) is 3.64. The molecule has 25 heavy (non-hydrogen) atoms. The van der Waals surface area contributed by atoms with Crippen LogP contribution >= 0.6 is 15.9 Å². The molecule has 0 aliphatic heterocycles. The summed E-state index contributed by atoms with van der Waals surface area (Å²) in [5, 5.41) is 3.14. The van der Waals surface area contributed by atoms with Crippen LogP contribution in [0.15, 0.2) is 53.0 Å². The molecule has 4 nitrogen and oxygen atoms in total. The lowest BCUT2D eigenvalue weighted by Crippen LogP contribution is -2.39. The van der Waals surface area contributed by atoms with Crippen LogP contribution in [0.2, 0.25) is 0 Å². The van der Waals surface area contributed by atoms with Gasteiger partial charge in [0.2, 0.25) is 5.91 Å². The van der Waals surface area contributed by atoms with Gasteiger partial charge in [-0.1, -0.05) is 46.3 Å². The number of methoxy groups -OCH3 is 1. The summed E-state index contributed by atoms with van der Waals surface area (Å²) in [6.45, 7) is 0.611. The lowest BCUT2D eigenvalue weighted by atomic mass is 10.0. The number of rotatable bonds is 7. The van der Waals surface area contributed by atoms with Crippen molar-refractivity contribution in [3.8, 4) is 5.75 Å². The first-order chi connectivity index (χ1) is 12.1. The zero-order valence-corrected chi connectivity index (χ0v) is 16.1. The number of halogens is 1. The van der Waals surface area contributed by atoms with E-state index < -0.39 is 0 Å². The molecule has 0 heterocycles. The molecule has 1 amide bonds. The van der Waals surface area contributed by atoms with Crippen LogP contribution in [0.4, 0.5) is 0 Å². The Kier molecular flexibility index (Phi) is 5.76. The molecule has 2 aromatic carbocycles. The number of carbonyl (C=O) groups is 1. The zero-order chi connectivity index (χ0) is 17.8. The fourth-order valence-corrected chi connectivity index (χ4v) is 3.39. The van der Waals surface area contributed by atoms with Crippen molar-refractivity contribution in [3.05, 3.63) is 64.1 Å². The Labute approximate surface area is 157 Å². The third-order valence-electron chi connectivity index (χ3n) is 4.39. The minimum Gasteiger partial charge on any atom is -0.496 e. The summed E-state index contributed by atoms with van der Waals surface area (Å²) in [6.07, 6.45) is 2.16. The first-order valence-electron chi connectivity index (χ1n) is 8.46. The summed E-state index contributed by atoms with van der Waals surface area (Å²) in [5.41, 5.74) is 2.04. The molecule has 0 radical (unpaired) electrons. The van der Waals surface area contributed by atoms with Crippen LogP contribution < -0.4 is 10.1 Å². The van der Waals surface area contributed by atoms with Gasteiger partial charge in [0.15, 0.2) is 0 Å². The van der Waals surface area contributed by atoms with E-state index in [1.807, 2.05) is 55.6 Å². The first-order valence-corrected chi connectivity index (χ1v) is 9.25. The van der Waals surface area contributed by atoms with Gasteiger partial charge in [0.1, 0.15) is 11.8 Å². The lowest BCUT2D eigenvalue weighted by molar-refractivity contribution is -0.126. The van der Waals surface area contributed by atoms with E-state index in [-0.39, 0.29) is 11.9 Å². The predicted octanol–water partition coefficient (Wildman–Crippen LogP) is 3.91. The Bertz CT molecular complexity index is 732. The predicted molar refractivity (Wildman–Crippen MR) is 103 cm³/mol. The number of amides is 1. The highest BCUT2D eigenvalue weighted by molar-refractivity contribution is 9.10. The molecule has 1 N–H and O–H groups in total. The van der Waals surface area contributed by atoms with E-state index in [0.29, 0.717) is 12.6 Å². The molecule has 0 bridgehead atoms. The molecule has 1 fully saturated rings. The van der Waals surface area contributed by atoms with Crippen molar-refractivity contribution >= 4 is 21.8 Å². The summed E-state index contributed by atoms with van der Waals surface area (Å²) in [5.74, 6) is 0.884. The quantitative estimate of drug-likeness (QED) is 0.762. The van der Waals surface area contributed by atoms with Crippen LogP contribution in [0.3, 0.4) is 0 Å². The molecule has 2 aromatic rings. The number of nitrogens with one attached hydrogen (secondary N) is 1. The number of hydrogen-bond donors (Lipinski definition) is 1. The minimum absolute atomic E-state index is 0.0603. The average Bonchev–Trinajstić information content (AvgIpc) is 3.40. The molecular formula is C20H23BrN2O2. The summed E-state index contributed by atoms with van der Waals surface area (Å²) >= 11 is 3.51. The van der Waals surface area contributed by atoms with E-state index in [2.05, 4.69) is 26.1 Å². The zero-order valence-electron chi connectivity index (χ0n) is 14.5. The van der Waals surface area contributed by atoms with E-state index in [9.17, 15) is 4.79 Å². The highest BCUT2D eigenvalue weighted by Crippen LogP contribution is 2.29. The second-order valence-electron chi connectivity index (χ2n) is 6.47. The highest BCUT2D eigenvalue weighted by Gasteiger charge is 2.31. The van der Waals surface area contributed by atoms with Crippen molar-refractivity contribution in [1.29, 1.82) is 0 Å². The number of carbonyl (C=O) groups excluding carboxylic acids is 1. The van der Waals surface area contributed by atoms with Gasteiger partial charge in [-0.3, -0.25) is 9.69 Å². The Morgan fingerprint density at radius 3 is 2.64 bits per heavy atom. The molecule has 1 saturated carbocycles. The SMILES string of the molecule is COc1ccc(Br)cc1CN(C)[C@H](C(=O)NC1CC1)c1ccccc1. The Balaban J connectivity index is 1.84. The van der Waals surface area contributed by atoms with Crippen molar-refractivity contribution < 1.29 is 9.53 Å². The van der Waals surface area contributed by atoms with Gasteiger partial charge < -0.3 is 10.1 Å². The Hall–Kier alpha value is -1.85. The number of nitrogens with zero attached hydrogens (tertiary/aromatic N) is 1. The Morgan fingerprint density at radius 1 is 1.28 bits per heavy atom. The van der Waals surface area contributed by atoms with Crippen molar-refractivity contribution in [2.45, 2.75) is 31.5 Å². The van der Waals surface area contributed by atoms with Gasteiger partial charge in [-0.15, -0.1) is 0 Å². The molecule has 132 valence electrons. The summed E-state index contributed by atoms with van der Waals surface area (Å²) in [6, 6.07) is 15.9. The summed E-state index contributed by atoms with van der Waals surface area (Å²) < 4.78 is 6.47. The van der Waals surface area contributed by atoms with E-state index in [0.717, 1.165) is 34.2 Å². The van der Waals surface area contributed by atoms with Gasteiger partial charge in [-0.25, -0.2) is 0 Å². The third-order valence-corrected chi connectivity index (χ3v) is 4.88. The number of benzene rings is 2. The molecule has 1 aliphatic rings. The van der Waals surface area contributed by atoms with Gasteiger partial charge in [-0.05, 0) is 43.7 Å². The molecule has 0 unspecified atom stereocenters. The van der Waals surface area contributed by atoms with Gasteiger partial charge in [0.25, 0.3) is 0 Å². The van der Waals surface area contributed by atoms with Crippen molar-refractivity contribution in [2.24, 2.45) is 0 Å². The molecule has 0 spiro atoms. The van der Waals surface area contributed by atoms with Gasteiger partial charge in [-0.2, -0.15) is 0 Å². The highest BCUT2D eigenvalue weighted by atomic mass is 79.9. The van der Waals surface area contributed by atoms with E-state index in [4.69, 9.17) is 4.74 Å². The molecule has 0 saturated heterocycles. The van der Waals surface area contributed by atoms with Crippen molar-refractivity contribution in [2.75, 3.05) is 14.2 Å². The standard InChI is InChI=1S/C20H23BrN2O2/c1-23(13-15-12-16(21)8-11-18(15)25-2)19(14-6-4-3-5-7-14)20(24)22-17-9-10-17/h3-8,11-12,17,19H,9-10,13H2,1-2H3,(H,22,24)/t19-/m0/s1. The average molecular weight is 403 g/mol. The first kappa shape index (κ1) is 18.0. The maximum atomic E-state index is 12.9. The molecule has 0 aromatic heterocycles. The number of ether oxygens (including phenoxy) is 1. The van der Waals surface area contributed by atoms with Crippen LogP contribution in [0.5, 0.6) is 5.75 Å². The molecular weight excluding hydrogens is 380 g/mol. The second-order valence-corrected chi connectivity index (χ2v) is 7.38. The normalized spacial score (nSPS) is 15.0. The van der Waals surface area contributed by atoms with E-state index in [1.54, 1.807) is 7.11 Å². The Morgan fingerprint density at radius 2 is 2.00 bits per heavy atom. The largest absolute Gasteiger partial charge is 0.496 e. The molecule has 3 rings (SSSR count). The monoisotopic (exact) mass is 402 g/mol. The van der Waals surface area contributed by atoms with Crippen LogP contribution in [0, 0.1) is 0 Å². The van der Waals surface area contributed by atoms with Crippen LogP contribution in [0.1, 0.15) is 30.0 Å².